The van der Waals surface area contributed by atoms with Gasteiger partial charge in [0.05, 0.1) is 11.0 Å². The number of nitrogens with zero attached hydrogens (tertiary/aromatic N) is 3. The minimum absolute atomic E-state index is 0.202. The summed E-state index contributed by atoms with van der Waals surface area (Å²) in [6.45, 7) is 3.29. The molecule has 0 saturated heterocycles. The van der Waals surface area contributed by atoms with Crippen LogP contribution in [0.25, 0.3) is 11.0 Å². The first-order valence-electron chi connectivity index (χ1n) is 9.30. The van der Waals surface area contributed by atoms with E-state index in [1.807, 2.05) is 24.4 Å². The Morgan fingerprint density at radius 3 is 2.85 bits per heavy atom. The highest BCUT2D eigenvalue weighted by Gasteiger charge is 2.33. The molecule has 1 aromatic carbocycles. The van der Waals surface area contributed by atoms with Gasteiger partial charge in [0.1, 0.15) is 5.82 Å². The number of fused-ring (bicyclic) bond motifs is 2. The van der Waals surface area contributed by atoms with E-state index in [-0.39, 0.29) is 5.69 Å². The molecule has 26 heavy (non-hydrogen) atoms. The van der Waals surface area contributed by atoms with E-state index in [9.17, 15) is 4.79 Å². The first-order valence-corrected chi connectivity index (χ1v) is 9.30. The fourth-order valence-electron chi connectivity index (χ4n) is 4.28. The summed E-state index contributed by atoms with van der Waals surface area (Å²) in [4.78, 5) is 28.8. The number of hydrogen-bond acceptors (Lipinski definition) is 5. The average molecular weight is 350 g/mol. The topological polar surface area (TPSA) is 89.7 Å². The van der Waals surface area contributed by atoms with Crippen molar-refractivity contribution in [2.24, 2.45) is 0 Å². The van der Waals surface area contributed by atoms with Crippen molar-refractivity contribution in [3.05, 3.63) is 40.4 Å². The molecule has 3 N–H and O–H groups in total. The first kappa shape index (κ1) is 15.4. The fourth-order valence-corrected chi connectivity index (χ4v) is 4.28. The van der Waals surface area contributed by atoms with Gasteiger partial charge >= 0.3 is 5.69 Å². The Bertz CT molecular complexity index is 1020. The Balaban J connectivity index is 1.46. The second-order valence-corrected chi connectivity index (χ2v) is 7.43. The lowest BCUT2D eigenvalue weighted by atomic mass is 10.1. The number of nitrogens with one attached hydrogen (secondary N) is 3. The predicted molar refractivity (Wildman–Crippen MR) is 102 cm³/mol. The molecule has 2 aromatic heterocycles. The molecule has 7 heteroatoms. The van der Waals surface area contributed by atoms with Crippen molar-refractivity contribution in [2.75, 3.05) is 16.8 Å². The molecular formula is C19H22N6O. The largest absolute Gasteiger partial charge is 0.353 e. The molecule has 0 amide bonds. The Morgan fingerprint density at radius 1 is 1.19 bits per heavy atom. The summed E-state index contributed by atoms with van der Waals surface area (Å²) in [5.41, 5.74) is 3.45. The van der Waals surface area contributed by atoms with Crippen LogP contribution in [0.2, 0.25) is 0 Å². The van der Waals surface area contributed by atoms with Crippen molar-refractivity contribution >= 4 is 28.5 Å². The molecule has 0 radical (unpaired) electrons. The van der Waals surface area contributed by atoms with Crippen LogP contribution in [-0.2, 0) is 0 Å². The van der Waals surface area contributed by atoms with Gasteiger partial charge in [0, 0.05) is 36.0 Å². The van der Waals surface area contributed by atoms with Gasteiger partial charge in [0.15, 0.2) is 0 Å². The van der Waals surface area contributed by atoms with Crippen LogP contribution in [0, 0.1) is 0 Å². The van der Waals surface area contributed by atoms with Crippen LogP contribution < -0.4 is 15.9 Å². The SMILES string of the molecule is CC1CN(C2CCCC2)c2nc(Nc3ccc4[nH]c(=O)[nH]c4c3)ncc21. The van der Waals surface area contributed by atoms with Crippen molar-refractivity contribution in [3.63, 3.8) is 0 Å². The monoisotopic (exact) mass is 350 g/mol. The van der Waals surface area contributed by atoms with Crippen molar-refractivity contribution in [3.8, 4) is 0 Å². The minimum atomic E-state index is -0.202. The van der Waals surface area contributed by atoms with Crippen LogP contribution in [0.15, 0.2) is 29.2 Å². The number of anilines is 3. The maximum absolute atomic E-state index is 11.4. The van der Waals surface area contributed by atoms with E-state index in [4.69, 9.17) is 4.98 Å². The quantitative estimate of drug-likeness (QED) is 0.675. The summed E-state index contributed by atoms with van der Waals surface area (Å²) in [7, 11) is 0. The molecule has 134 valence electrons. The van der Waals surface area contributed by atoms with Gasteiger partial charge in [-0.3, -0.25) is 0 Å². The molecule has 0 spiro atoms. The maximum Gasteiger partial charge on any atom is 0.323 e. The molecule has 0 bridgehead atoms. The van der Waals surface area contributed by atoms with Gasteiger partial charge in [-0.25, -0.2) is 9.78 Å². The molecule has 1 saturated carbocycles. The number of imidazole rings is 1. The summed E-state index contributed by atoms with van der Waals surface area (Å²) in [6.07, 6.45) is 7.11. The van der Waals surface area contributed by atoms with Gasteiger partial charge in [-0.2, -0.15) is 4.98 Å². The lowest BCUT2D eigenvalue weighted by molar-refractivity contribution is 0.600. The molecule has 1 fully saturated rings. The molecule has 5 rings (SSSR count). The minimum Gasteiger partial charge on any atom is -0.353 e. The molecule has 1 aliphatic carbocycles. The lowest BCUT2D eigenvalue weighted by Gasteiger charge is -2.26. The van der Waals surface area contributed by atoms with Gasteiger partial charge in [-0.15, -0.1) is 0 Å². The molecule has 3 aromatic rings. The number of aromatic amines is 2. The van der Waals surface area contributed by atoms with Crippen LogP contribution >= 0.6 is 0 Å². The molecule has 2 aliphatic rings. The smallest absolute Gasteiger partial charge is 0.323 e. The summed E-state index contributed by atoms with van der Waals surface area (Å²) in [5, 5.41) is 3.28. The highest BCUT2D eigenvalue weighted by atomic mass is 16.1. The van der Waals surface area contributed by atoms with Crippen LogP contribution in [0.1, 0.15) is 44.1 Å². The number of rotatable bonds is 3. The summed E-state index contributed by atoms with van der Waals surface area (Å²) in [5.74, 6) is 2.15. The van der Waals surface area contributed by atoms with Crippen LogP contribution in [0.4, 0.5) is 17.5 Å². The van der Waals surface area contributed by atoms with Crippen molar-refractivity contribution in [2.45, 2.75) is 44.6 Å². The van der Waals surface area contributed by atoms with Crippen molar-refractivity contribution in [1.29, 1.82) is 0 Å². The zero-order valence-corrected chi connectivity index (χ0v) is 14.7. The van der Waals surface area contributed by atoms with E-state index >= 15 is 0 Å². The predicted octanol–water partition coefficient (Wildman–Crippen LogP) is 3.26. The second-order valence-electron chi connectivity index (χ2n) is 7.43. The Labute approximate surface area is 150 Å². The fraction of sp³-hybridized carbons (Fsp3) is 0.421. The van der Waals surface area contributed by atoms with Crippen LogP contribution in [0.3, 0.4) is 0 Å². The van der Waals surface area contributed by atoms with Crippen LogP contribution in [-0.4, -0.2) is 32.5 Å². The van der Waals surface area contributed by atoms with Gasteiger partial charge in [0.25, 0.3) is 0 Å². The third-order valence-corrected chi connectivity index (χ3v) is 5.61. The highest BCUT2D eigenvalue weighted by Crippen LogP contribution is 2.39. The number of H-pyrrole nitrogens is 2. The number of hydrogen-bond donors (Lipinski definition) is 3. The zero-order chi connectivity index (χ0) is 17.7. The second kappa shape index (κ2) is 5.86. The molecule has 3 heterocycles. The molecule has 1 aliphatic heterocycles. The van der Waals surface area contributed by atoms with E-state index in [0.717, 1.165) is 29.1 Å². The Kier molecular flexibility index (Phi) is 3.48. The maximum atomic E-state index is 11.4. The van der Waals surface area contributed by atoms with Gasteiger partial charge in [-0.05, 0) is 31.0 Å². The van der Waals surface area contributed by atoms with E-state index in [1.54, 1.807) is 0 Å². The average Bonchev–Trinajstić information content (AvgIpc) is 3.33. The molecule has 7 nitrogen and oxygen atoms in total. The molecular weight excluding hydrogens is 328 g/mol. The Morgan fingerprint density at radius 2 is 2.00 bits per heavy atom. The van der Waals surface area contributed by atoms with E-state index in [1.165, 1.54) is 31.2 Å². The van der Waals surface area contributed by atoms with Gasteiger partial charge < -0.3 is 20.2 Å². The number of aromatic nitrogens is 4. The zero-order valence-electron chi connectivity index (χ0n) is 14.7. The van der Waals surface area contributed by atoms with Crippen molar-refractivity contribution in [1.82, 2.24) is 19.9 Å². The third kappa shape index (κ3) is 2.55. The van der Waals surface area contributed by atoms with Gasteiger partial charge in [0.2, 0.25) is 5.95 Å². The third-order valence-electron chi connectivity index (χ3n) is 5.61. The summed E-state index contributed by atoms with van der Waals surface area (Å²) in [6, 6.07) is 6.29. The van der Waals surface area contributed by atoms with Crippen molar-refractivity contribution < 1.29 is 0 Å². The van der Waals surface area contributed by atoms with E-state index < -0.39 is 0 Å². The summed E-state index contributed by atoms with van der Waals surface area (Å²) < 4.78 is 0. The number of benzene rings is 1. The molecule has 1 unspecified atom stereocenters. The van der Waals surface area contributed by atoms with Crippen LogP contribution in [0.5, 0.6) is 0 Å². The normalized spacial score (nSPS) is 20.0. The summed E-state index contributed by atoms with van der Waals surface area (Å²) >= 11 is 0. The van der Waals surface area contributed by atoms with E-state index in [0.29, 0.717) is 17.9 Å². The van der Waals surface area contributed by atoms with E-state index in [2.05, 4.69) is 32.1 Å². The van der Waals surface area contributed by atoms with Gasteiger partial charge in [-0.1, -0.05) is 19.8 Å². The standard InChI is InChI=1S/C19H22N6O/c1-11-10-25(13-4-2-3-5-13)17-14(11)9-20-18(24-17)21-12-6-7-15-16(8-12)23-19(26)22-15/h6-9,11,13H,2-5,10H2,1H3,(H,20,21,24)(H2,22,23,26). The first-order chi connectivity index (χ1) is 12.7. The molecule has 1 atom stereocenters. The lowest BCUT2D eigenvalue weighted by Crippen LogP contribution is -2.32. The highest BCUT2D eigenvalue weighted by molar-refractivity contribution is 5.79. The Hall–Kier alpha value is -2.83.